The van der Waals surface area contributed by atoms with Gasteiger partial charge in [-0.2, -0.15) is 0 Å². The van der Waals surface area contributed by atoms with Crippen LogP contribution in [-0.2, 0) is 4.79 Å². The minimum absolute atomic E-state index is 0.0934. The van der Waals surface area contributed by atoms with Crippen LogP contribution < -0.4 is 11.1 Å². The predicted molar refractivity (Wildman–Crippen MR) is 65.9 cm³/mol. The molecule has 2 atom stereocenters. The highest BCUT2D eigenvalue weighted by Crippen LogP contribution is 2.17. The number of carbonyl (C=O) groups is 1. The minimum atomic E-state index is -0.470. The maximum Gasteiger partial charge on any atom is 0.237 e. The Kier molecular flexibility index (Phi) is 6.60. The van der Waals surface area contributed by atoms with Crippen molar-refractivity contribution in [1.82, 2.24) is 5.32 Å². The molecule has 96 valence electrons. The smallest absolute Gasteiger partial charge is 0.237 e. The first kappa shape index (κ1) is 15.4. The lowest BCUT2D eigenvalue weighted by Crippen LogP contribution is -2.48. The summed E-state index contributed by atoms with van der Waals surface area (Å²) in [7, 11) is 0. The van der Waals surface area contributed by atoms with Gasteiger partial charge in [-0.1, -0.05) is 27.7 Å². The molecule has 0 aromatic heterocycles. The van der Waals surface area contributed by atoms with Crippen molar-refractivity contribution in [2.24, 2.45) is 17.1 Å². The third-order valence-electron chi connectivity index (χ3n) is 2.70. The predicted octanol–water partition coefficient (Wildman–Crippen LogP) is 0.885. The second kappa shape index (κ2) is 6.86. The second-order valence-corrected chi connectivity index (χ2v) is 5.56. The first-order valence-electron chi connectivity index (χ1n) is 5.93. The zero-order valence-electron chi connectivity index (χ0n) is 10.9. The van der Waals surface area contributed by atoms with E-state index in [1.165, 1.54) is 0 Å². The Labute approximate surface area is 98.6 Å². The van der Waals surface area contributed by atoms with Gasteiger partial charge < -0.3 is 16.2 Å². The summed E-state index contributed by atoms with van der Waals surface area (Å²) < 4.78 is 0. The van der Waals surface area contributed by atoms with E-state index in [1.807, 2.05) is 27.7 Å². The van der Waals surface area contributed by atoms with Gasteiger partial charge in [-0.15, -0.1) is 0 Å². The number of hydrogen-bond donors (Lipinski definition) is 3. The fourth-order valence-corrected chi connectivity index (χ4v) is 1.26. The van der Waals surface area contributed by atoms with Crippen molar-refractivity contribution in [2.45, 2.75) is 46.6 Å². The zero-order valence-corrected chi connectivity index (χ0v) is 10.9. The number of aliphatic hydroxyl groups excluding tert-OH is 1. The summed E-state index contributed by atoms with van der Waals surface area (Å²) in [5.74, 6) is 0.206. The third-order valence-corrected chi connectivity index (χ3v) is 2.70. The largest absolute Gasteiger partial charge is 0.396 e. The van der Waals surface area contributed by atoms with Crippen LogP contribution in [0.25, 0.3) is 0 Å². The molecule has 0 aliphatic heterocycles. The third kappa shape index (κ3) is 6.08. The van der Waals surface area contributed by atoms with Gasteiger partial charge in [0, 0.05) is 13.2 Å². The van der Waals surface area contributed by atoms with E-state index in [-0.39, 0.29) is 17.9 Å². The summed E-state index contributed by atoms with van der Waals surface area (Å²) in [6.07, 6.45) is 1.80. The molecule has 2 unspecified atom stereocenters. The molecule has 4 nitrogen and oxygen atoms in total. The van der Waals surface area contributed by atoms with Crippen LogP contribution in [0, 0.1) is 11.3 Å². The topological polar surface area (TPSA) is 75.3 Å². The lowest BCUT2D eigenvalue weighted by molar-refractivity contribution is -0.124. The lowest BCUT2D eigenvalue weighted by atomic mass is 9.87. The van der Waals surface area contributed by atoms with Crippen LogP contribution in [0.15, 0.2) is 0 Å². The zero-order chi connectivity index (χ0) is 12.8. The fraction of sp³-hybridized carbons (Fsp3) is 0.917. The van der Waals surface area contributed by atoms with E-state index in [9.17, 15) is 4.79 Å². The van der Waals surface area contributed by atoms with E-state index in [0.717, 1.165) is 12.8 Å². The molecule has 0 bridgehead atoms. The van der Waals surface area contributed by atoms with E-state index in [2.05, 4.69) is 5.32 Å². The Morgan fingerprint density at radius 1 is 1.44 bits per heavy atom. The molecule has 0 saturated heterocycles. The van der Waals surface area contributed by atoms with Crippen molar-refractivity contribution in [3.63, 3.8) is 0 Å². The number of aliphatic hydroxyl groups is 1. The van der Waals surface area contributed by atoms with Crippen molar-refractivity contribution in [1.29, 1.82) is 0 Å². The molecule has 4 heteroatoms. The van der Waals surface area contributed by atoms with E-state index >= 15 is 0 Å². The van der Waals surface area contributed by atoms with Crippen LogP contribution in [0.3, 0.4) is 0 Å². The molecule has 0 saturated carbocycles. The normalized spacial score (nSPS) is 15.6. The lowest BCUT2D eigenvalue weighted by Gasteiger charge is -2.25. The maximum absolute atomic E-state index is 11.6. The number of rotatable bonds is 6. The first-order valence-corrected chi connectivity index (χ1v) is 5.93. The number of carbonyl (C=O) groups excluding carboxylic acids is 1. The standard InChI is InChI=1S/C12H26N2O2/c1-9(8-15)6-5-7-14-11(16)10(13)12(2,3)4/h9-10,15H,5-8,13H2,1-4H3,(H,14,16). The Hall–Kier alpha value is -0.610. The molecule has 0 spiro atoms. The molecule has 1 amide bonds. The van der Waals surface area contributed by atoms with Gasteiger partial charge in [0.05, 0.1) is 6.04 Å². The Bertz CT molecular complexity index is 212. The SMILES string of the molecule is CC(CO)CCCNC(=O)C(N)C(C)(C)C. The van der Waals surface area contributed by atoms with Crippen molar-refractivity contribution < 1.29 is 9.90 Å². The summed E-state index contributed by atoms with van der Waals surface area (Å²) in [4.78, 5) is 11.6. The van der Waals surface area contributed by atoms with Crippen LogP contribution in [0.2, 0.25) is 0 Å². The highest BCUT2D eigenvalue weighted by molar-refractivity contribution is 5.82. The van der Waals surface area contributed by atoms with Gasteiger partial charge in [0.15, 0.2) is 0 Å². The van der Waals surface area contributed by atoms with Crippen molar-refractivity contribution in [3.8, 4) is 0 Å². The van der Waals surface area contributed by atoms with Crippen LogP contribution in [0.4, 0.5) is 0 Å². The molecule has 0 radical (unpaired) electrons. The van der Waals surface area contributed by atoms with Gasteiger partial charge in [-0.3, -0.25) is 4.79 Å². The van der Waals surface area contributed by atoms with Crippen LogP contribution >= 0.6 is 0 Å². The van der Waals surface area contributed by atoms with E-state index < -0.39 is 6.04 Å². The molecule has 0 aliphatic rings. The Morgan fingerprint density at radius 3 is 2.44 bits per heavy atom. The van der Waals surface area contributed by atoms with Gasteiger partial charge in [0.2, 0.25) is 5.91 Å². The van der Waals surface area contributed by atoms with Crippen LogP contribution in [0.5, 0.6) is 0 Å². The maximum atomic E-state index is 11.6. The number of hydrogen-bond acceptors (Lipinski definition) is 3. The summed E-state index contributed by atoms with van der Waals surface area (Å²) in [6.45, 7) is 8.67. The molecule has 4 N–H and O–H groups in total. The Balaban J connectivity index is 3.74. The van der Waals surface area contributed by atoms with Gasteiger partial charge >= 0.3 is 0 Å². The van der Waals surface area contributed by atoms with Gasteiger partial charge in [-0.05, 0) is 24.2 Å². The van der Waals surface area contributed by atoms with Gasteiger partial charge in [0.25, 0.3) is 0 Å². The number of nitrogens with one attached hydrogen (secondary N) is 1. The van der Waals surface area contributed by atoms with Crippen molar-refractivity contribution in [3.05, 3.63) is 0 Å². The number of amides is 1. The minimum Gasteiger partial charge on any atom is -0.396 e. The molecule has 0 heterocycles. The van der Waals surface area contributed by atoms with Crippen LogP contribution in [-0.4, -0.2) is 30.2 Å². The van der Waals surface area contributed by atoms with E-state index in [4.69, 9.17) is 10.8 Å². The molecule has 0 aromatic carbocycles. The summed E-state index contributed by atoms with van der Waals surface area (Å²) in [6, 6.07) is -0.470. The van der Waals surface area contributed by atoms with E-state index in [0.29, 0.717) is 12.5 Å². The molecule has 0 fully saturated rings. The number of nitrogens with two attached hydrogens (primary N) is 1. The van der Waals surface area contributed by atoms with E-state index in [1.54, 1.807) is 0 Å². The van der Waals surface area contributed by atoms with Gasteiger partial charge in [-0.25, -0.2) is 0 Å². The van der Waals surface area contributed by atoms with Crippen LogP contribution in [0.1, 0.15) is 40.5 Å². The highest BCUT2D eigenvalue weighted by Gasteiger charge is 2.26. The summed E-state index contributed by atoms with van der Waals surface area (Å²) >= 11 is 0. The molecule has 0 aliphatic carbocycles. The summed E-state index contributed by atoms with van der Waals surface area (Å²) in [5.41, 5.74) is 5.60. The molecular formula is C12H26N2O2. The second-order valence-electron chi connectivity index (χ2n) is 5.56. The molecule has 0 aromatic rings. The monoisotopic (exact) mass is 230 g/mol. The average molecular weight is 230 g/mol. The quantitative estimate of drug-likeness (QED) is 0.593. The molecule has 16 heavy (non-hydrogen) atoms. The fourth-order valence-electron chi connectivity index (χ4n) is 1.26. The first-order chi connectivity index (χ1) is 7.29. The summed E-state index contributed by atoms with van der Waals surface area (Å²) in [5, 5.41) is 11.7. The molecule has 0 rings (SSSR count). The van der Waals surface area contributed by atoms with Crippen molar-refractivity contribution in [2.75, 3.05) is 13.2 Å². The Morgan fingerprint density at radius 2 is 2.00 bits per heavy atom. The highest BCUT2D eigenvalue weighted by atomic mass is 16.3. The molecular weight excluding hydrogens is 204 g/mol. The van der Waals surface area contributed by atoms with Gasteiger partial charge in [0.1, 0.15) is 0 Å². The van der Waals surface area contributed by atoms with Crippen molar-refractivity contribution >= 4 is 5.91 Å². The average Bonchev–Trinajstić information content (AvgIpc) is 2.21.